The summed E-state index contributed by atoms with van der Waals surface area (Å²) in [5, 5.41) is 12.2. The number of amides is 1. The maximum absolute atomic E-state index is 12.6. The van der Waals surface area contributed by atoms with Gasteiger partial charge in [-0.1, -0.05) is 57.3 Å². The van der Waals surface area contributed by atoms with Gasteiger partial charge in [0.05, 0.1) is 6.54 Å². The summed E-state index contributed by atoms with van der Waals surface area (Å²) in [6.07, 6.45) is 3.29. The van der Waals surface area contributed by atoms with Gasteiger partial charge in [-0.15, -0.1) is 0 Å². The van der Waals surface area contributed by atoms with Gasteiger partial charge in [0.1, 0.15) is 10.8 Å². The van der Waals surface area contributed by atoms with Crippen molar-refractivity contribution >= 4 is 50.9 Å². The lowest BCUT2D eigenvalue weighted by molar-refractivity contribution is 0.101. The van der Waals surface area contributed by atoms with Crippen LogP contribution in [0, 0.1) is 0 Å². The highest BCUT2D eigenvalue weighted by molar-refractivity contribution is 9.10. The molecule has 4 aromatic rings. The van der Waals surface area contributed by atoms with Crippen molar-refractivity contribution in [1.82, 2.24) is 19.6 Å². The van der Waals surface area contributed by atoms with Crippen molar-refractivity contribution in [2.45, 2.75) is 13.3 Å². The molecular weight excluding hydrogens is 505 g/mol. The molecule has 1 N–H and O–H groups in total. The summed E-state index contributed by atoms with van der Waals surface area (Å²) in [7, 11) is 0. The Morgan fingerprint density at radius 2 is 1.77 bits per heavy atom. The molecule has 0 spiro atoms. The van der Waals surface area contributed by atoms with Crippen molar-refractivity contribution in [3.63, 3.8) is 0 Å². The summed E-state index contributed by atoms with van der Waals surface area (Å²) in [5.41, 5.74) is 1.11. The predicted octanol–water partition coefficient (Wildman–Crippen LogP) is 5.49. The van der Waals surface area contributed by atoms with Crippen LogP contribution in [-0.2, 0) is 13.3 Å². The van der Waals surface area contributed by atoms with E-state index in [-0.39, 0.29) is 18.2 Å². The molecule has 31 heavy (non-hydrogen) atoms. The molecule has 2 aromatic carbocycles. The normalized spacial score (nSPS) is 10.8. The molecule has 0 bridgehead atoms. The minimum Gasteiger partial charge on any atom is -0.471 e. The highest BCUT2D eigenvalue weighted by Crippen LogP contribution is 2.22. The number of nitrogens with zero attached hydrogens (tertiary/aromatic N) is 4. The summed E-state index contributed by atoms with van der Waals surface area (Å²) < 4.78 is 9.75. The van der Waals surface area contributed by atoms with Crippen LogP contribution in [0.4, 0.5) is 5.82 Å². The number of carbonyl (C=O) groups excluding carboxylic acids is 1. The smallest absolute Gasteiger partial charge is 0.277 e. The van der Waals surface area contributed by atoms with Crippen LogP contribution in [0.2, 0.25) is 10.0 Å². The van der Waals surface area contributed by atoms with Crippen LogP contribution in [-0.4, -0.2) is 25.5 Å². The van der Waals surface area contributed by atoms with E-state index in [1.807, 2.05) is 48.5 Å². The van der Waals surface area contributed by atoms with Crippen LogP contribution in [0.3, 0.4) is 0 Å². The predicted molar refractivity (Wildman–Crippen MR) is 123 cm³/mol. The fraction of sp³-hybridized carbons (Fsp3) is 0.0952. The molecule has 0 aliphatic heterocycles. The number of nitrogens with one attached hydrogen (secondary N) is 1. The van der Waals surface area contributed by atoms with E-state index in [1.54, 1.807) is 23.1 Å². The lowest BCUT2D eigenvalue weighted by Gasteiger charge is -2.06. The quantitative estimate of drug-likeness (QED) is 0.350. The van der Waals surface area contributed by atoms with Crippen LogP contribution in [0.1, 0.15) is 16.1 Å². The van der Waals surface area contributed by atoms with Crippen molar-refractivity contribution in [2.75, 3.05) is 5.32 Å². The fourth-order valence-corrected chi connectivity index (χ4v) is 3.42. The number of anilines is 1. The Morgan fingerprint density at radius 1 is 1.00 bits per heavy atom. The topological polar surface area (TPSA) is 74.0 Å². The number of aromatic nitrogens is 4. The Hall–Kier alpha value is -2.81. The Labute approximate surface area is 196 Å². The van der Waals surface area contributed by atoms with E-state index in [4.69, 9.17) is 27.9 Å². The monoisotopic (exact) mass is 519 g/mol. The van der Waals surface area contributed by atoms with Gasteiger partial charge < -0.3 is 10.1 Å². The number of hydrogen-bond acceptors (Lipinski definition) is 4. The molecule has 0 radical (unpaired) electrons. The maximum Gasteiger partial charge on any atom is 0.277 e. The Bertz CT molecular complexity index is 1210. The van der Waals surface area contributed by atoms with Gasteiger partial charge in [0.15, 0.2) is 18.2 Å². The molecule has 7 nitrogen and oxygen atoms in total. The van der Waals surface area contributed by atoms with E-state index in [9.17, 15) is 4.79 Å². The summed E-state index contributed by atoms with van der Waals surface area (Å²) >= 11 is 15.8. The maximum atomic E-state index is 12.6. The first kappa shape index (κ1) is 21.4. The molecule has 0 aliphatic rings. The SMILES string of the molecule is O=C(Nc1nn(Cc2ccccc2Cl)cc1Cl)c1ccn(COc2ccc(Br)cc2)n1. The highest BCUT2D eigenvalue weighted by Gasteiger charge is 2.15. The molecule has 0 atom stereocenters. The first-order valence-corrected chi connectivity index (χ1v) is 10.7. The summed E-state index contributed by atoms with van der Waals surface area (Å²) in [4.78, 5) is 12.6. The van der Waals surface area contributed by atoms with Gasteiger partial charge in [-0.05, 0) is 42.0 Å². The van der Waals surface area contributed by atoms with E-state index in [0.717, 1.165) is 10.0 Å². The fourth-order valence-electron chi connectivity index (χ4n) is 2.76. The number of benzene rings is 2. The van der Waals surface area contributed by atoms with E-state index in [0.29, 0.717) is 22.3 Å². The van der Waals surface area contributed by atoms with Crippen LogP contribution in [0.15, 0.2) is 71.5 Å². The minimum absolute atomic E-state index is 0.169. The molecule has 0 saturated carbocycles. The van der Waals surface area contributed by atoms with Gasteiger partial charge in [0.2, 0.25) is 0 Å². The van der Waals surface area contributed by atoms with E-state index < -0.39 is 5.91 Å². The molecule has 158 valence electrons. The van der Waals surface area contributed by atoms with Crippen molar-refractivity contribution < 1.29 is 9.53 Å². The molecular formula is C21H16BrCl2N5O2. The van der Waals surface area contributed by atoms with Crippen LogP contribution in [0.5, 0.6) is 5.75 Å². The molecule has 10 heteroatoms. The van der Waals surface area contributed by atoms with Gasteiger partial charge in [0.25, 0.3) is 5.91 Å². The lowest BCUT2D eigenvalue weighted by Crippen LogP contribution is -2.15. The third-order valence-corrected chi connectivity index (χ3v) is 5.46. The number of hydrogen-bond donors (Lipinski definition) is 1. The number of carbonyl (C=O) groups is 1. The van der Waals surface area contributed by atoms with Gasteiger partial charge in [-0.2, -0.15) is 10.2 Å². The zero-order valence-electron chi connectivity index (χ0n) is 16.0. The van der Waals surface area contributed by atoms with Gasteiger partial charge in [0, 0.05) is 21.9 Å². The van der Waals surface area contributed by atoms with Crippen molar-refractivity contribution in [3.05, 3.63) is 92.8 Å². The van der Waals surface area contributed by atoms with Crippen molar-refractivity contribution in [1.29, 1.82) is 0 Å². The molecule has 0 fully saturated rings. The van der Waals surface area contributed by atoms with E-state index >= 15 is 0 Å². The van der Waals surface area contributed by atoms with Crippen molar-refractivity contribution in [2.24, 2.45) is 0 Å². The molecule has 2 aromatic heterocycles. The summed E-state index contributed by atoms with van der Waals surface area (Å²) in [6.45, 7) is 0.597. The second-order valence-corrected chi connectivity index (χ2v) is 8.27. The second kappa shape index (κ2) is 9.55. The van der Waals surface area contributed by atoms with E-state index in [2.05, 4.69) is 31.4 Å². The number of rotatable bonds is 7. The van der Waals surface area contributed by atoms with Crippen LogP contribution in [0.25, 0.3) is 0 Å². The molecule has 0 aliphatic carbocycles. The first-order valence-electron chi connectivity index (χ1n) is 9.17. The molecule has 0 unspecified atom stereocenters. The van der Waals surface area contributed by atoms with Crippen molar-refractivity contribution in [3.8, 4) is 5.75 Å². The van der Waals surface area contributed by atoms with Gasteiger partial charge >= 0.3 is 0 Å². The molecule has 0 saturated heterocycles. The average molecular weight is 521 g/mol. The zero-order chi connectivity index (χ0) is 21.8. The third-order valence-electron chi connectivity index (χ3n) is 4.29. The number of halogens is 3. The standard InChI is InChI=1S/C21H16BrCl2N5O2/c22-15-5-7-16(8-6-15)31-13-28-10-9-19(26-28)21(30)25-20-18(24)12-29(27-20)11-14-3-1-2-4-17(14)23/h1-10,12H,11,13H2,(H,25,27,30). The van der Waals surface area contributed by atoms with E-state index in [1.165, 1.54) is 4.68 Å². The first-order chi connectivity index (χ1) is 15.0. The highest BCUT2D eigenvalue weighted by atomic mass is 79.9. The summed E-state index contributed by atoms with van der Waals surface area (Å²) in [5.74, 6) is 0.521. The summed E-state index contributed by atoms with van der Waals surface area (Å²) in [6, 6.07) is 16.5. The largest absolute Gasteiger partial charge is 0.471 e. The molecule has 2 heterocycles. The third kappa shape index (κ3) is 5.46. The minimum atomic E-state index is -0.424. The van der Waals surface area contributed by atoms with Gasteiger partial charge in [-0.25, -0.2) is 4.68 Å². The second-order valence-electron chi connectivity index (χ2n) is 6.54. The van der Waals surface area contributed by atoms with Crippen LogP contribution >= 0.6 is 39.1 Å². The Balaban J connectivity index is 1.38. The average Bonchev–Trinajstić information content (AvgIpc) is 3.36. The van der Waals surface area contributed by atoms with Crippen LogP contribution < -0.4 is 10.1 Å². The molecule has 4 rings (SSSR count). The van der Waals surface area contributed by atoms with Gasteiger partial charge in [-0.3, -0.25) is 9.48 Å². The number of ether oxygens (including phenoxy) is 1. The molecule has 1 amide bonds. The lowest BCUT2D eigenvalue weighted by atomic mass is 10.2. The zero-order valence-corrected chi connectivity index (χ0v) is 19.1. The Kier molecular flexibility index (Phi) is 6.60. The Morgan fingerprint density at radius 3 is 2.55 bits per heavy atom.